The Morgan fingerprint density at radius 2 is 0.978 bits per heavy atom. The van der Waals surface area contributed by atoms with E-state index in [1.807, 2.05) is 67.1 Å². The van der Waals surface area contributed by atoms with Crippen LogP contribution in [-0.4, -0.2) is 57.0 Å². The Hall–Kier alpha value is -5.83. The number of hydrogen-bond acceptors (Lipinski definition) is 14. The number of amides is 1. The molecule has 0 bridgehead atoms. The van der Waals surface area contributed by atoms with Crippen LogP contribution in [0.15, 0.2) is 148 Å². The smallest absolute Gasteiger partial charge is 0.451 e. The lowest BCUT2D eigenvalue weighted by Crippen LogP contribution is -2.41. The van der Waals surface area contributed by atoms with Crippen molar-refractivity contribution in [3.05, 3.63) is 181 Å². The van der Waals surface area contributed by atoms with Gasteiger partial charge in [-0.2, -0.15) is 0 Å². The van der Waals surface area contributed by atoms with Crippen molar-refractivity contribution in [3.8, 4) is 53.6 Å². The van der Waals surface area contributed by atoms with Gasteiger partial charge in [-0.15, -0.1) is 34.0 Å². The number of ether oxygens (including phenoxy) is 2. The molecule has 7 heterocycles. The van der Waals surface area contributed by atoms with Crippen LogP contribution in [0.1, 0.15) is 129 Å². The minimum absolute atomic E-state index is 0.106. The molecule has 1 aliphatic heterocycles. The highest BCUT2D eigenvalue weighted by Gasteiger charge is 2.52. The predicted molar refractivity (Wildman–Crippen MR) is 376 cm³/mol. The van der Waals surface area contributed by atoms with Crippen molar-refractivity contribution in [1.29, 1.82) is 0 Å². The zero-order valence-corrected chi connectivity index (χ0v) is 57.7. The summed E-state index contributed by atoms with van der Waals surface area (Å²) in [5.41, 5.74) is 24.5. The molecule has 0 unspecified atom stereocenters. The lowest BCUT2D eigenvalue weighted by molar-refractivity contribution is 0.00578. The van der Waals surface area contributed by atoms with Crippen molar-refractivity contribution in [2.45, 2.75) is 135 Å². The Kier molecular flexibility index (Phi) is 22.8. The number of halogens is 5. The number of nitrogens with one attached hydrogen (secondary N) is 1. The molecule has 3 aromatic carbocycles. The summed E-state index contributed by atoms with van der Waals surface area (Å²) in [4.78, 5) is 38.1. The van der Waals surface area contributed by atoms with Gasteiger partial charge >= 0.3 is 18.6 Å². The first-order chi connectivity index (χ1) is 42.4. The lowest BCUT2D eigenvalue weighted by atomic mass is 9.81. The number of nitrogens with zero attached hydrogens (tertiary/aromatic N) is 3. The lowest BCUT2D eigenvalue weighted by Gasteiger charge is -2.32. The van der Waals surface area contributed by atoms with Crippen molar-refractivity contribution in [1.82, 2.24) is 15.0 Å². The van der Waals surface area contributed by atoms with Crippen LogP contribution in [0.5, 0.6) is 0 Å². The molecular weight excluding hydrogens is 1330 g/mol. The summed E-state index contributed by atoms with van der Waals surface area (Å²) in [5.74, 6) is 2.07. The molecular formula is C68H70BBrCl4N6O6S3. The summed E-state index contributed by atoms with van der Waals surface area (Å²) < 4.78 is 22.8. The molecule has 6 aromatic heterocycles. The third-order valence-corrected chi connectivity index (χ3v) is 19.4. The largest absolute Gasteiger partial charge is 0.495 e. The van der Waals surface area contributed by atoms with Gasteiger partial charge in [0.15, 0.2) is 0 Å². The van der Waals surface area contributed by atoms with Crippen molar-refractivity contribution in [3.63, 3.8) is 0 Å². The minimum atomic E-state index is -0.741. The van der Waals surface area contributed by atoms with E-state index in [2.05, 4.69) is 127 Å². The van der Waals surface area contributed by atoms with Gasteiger partial charge in [-0.3, -0.25) is 20.3 Å². The summed E-state index contributed by atoms with van der Waals surface area (Å²) in [6, 6.07) is 35.8. The number of benzene rings is 3. The van der Waals surface area contributed by atoms with Crippen molar-refractivity contribution < 1.29 is 28.4 Å². The molecule has 0 atom stereocenters. The average molecular weight is 1400 g/mol. The molecule has 4 fully saturated rings. The average Bonchev–Trinajstić information content (AvgIpc) is 2.69. The number of aromatic nitrogens is 3. The van der Waals surface area contributed by atoms with E-state index < -0.39 is 11.5 Å². The number of nitrogen functional groups attached to an aromatic ring is 2. The highest BCUT2D eigenvalue weighted by molar-refractivity contribution is 9.10. The fraction of sp³-hybridized carbons (Fsp3) is 0.309. The summed E-state index contributed by atoms with van der Waals surface area (Å²) in [6.07, 6.45) is 12.6. The fourth-order valence-corrected chi connectivity index (χ4v) is 13.6. The number of rotatable bonds is 12. The normalized spacial score (nSPS) is 15.3. The van der Waals surface area contributed by atoms with Gasteiger partial charge in [-0.05, 0) is 235 Å². The number of carbonyl (C=O) groups excluding carboxylic acids is 2. The number of hydrogen-bond donors (Lipinski definition) is 3. The van der Waals surface area contributed by atoms with Crippen LogP contribution in [0.2, 0.25) is 15.1 Å². The number of anilines is 3. The Bertz CT molecular complexity index is 3910. The topological polar surface area (TPSA) is 174 Å². The maximum absolute atomic E-state index is 11.7. The molecule has 89 heavy (non-hydrogen) atoms. The molecule has 5 N–H and O–H groups in total. The van der Waals surface area contributed by atoms with E-state index in [1.54, 1.807) is 79.9 Å². The molecule has 464 valence electrons. The Morgan fingerprint density at radius 3 is 1.38 bits per heavy atom. The summed E-state index contributed by atoms with van der Waals surface area (Å²) in [7, 11) is -0.345. The first-order valence-electron chi connectivity index (χ1n) is 29.3. The third kappa shape index (κ3) is 19.1. The minimum Gasteiger partial charge on any atom is -0.451 e. The Balaban J connectivity index is 0.000000141. The van der Waals surface area contributed by atoms with Crippen LogP contribution < -0.4 is 22.2 Å². The Labute approximate surface area is 562 Å². The van der Waals surface area contributed by atoms with Gasteiger partial charge in [0, 0.05) is 118 Å². The maximum atomic E-state index is 11.7. The quantitative estimate of drug-likeness (QED) is 0.0603. The molecule has 1 saturated heterocycles. The van der Waals surface area contributed by atoms with E-state index >= 15 is 0 Å². The van der Waals surface area contributed by atoms with E-state index in [0.29, 0.717) is 44.0 Å². The van der Waals surface area contributed by atoms with E-state index in [0.717, 1.165) is 47.2 Å². The monoisotopic (exact) mass is 1390 g/mol. The SMILES string of the molecule is Brc1ccnc(C2CC2)c1.CC(C)OC(=O)Cl.CC(C)OC(=O)Nc1ccc(-c2cc(-c3ccnc(C4CC4)c3)cs2)c(Cl)c1.CC1(C)OB(c2csc(-c3ccc(N)cc3Cl)c2)OC1(C)C.Nc1ccc(-c2cc(-c3ccnc(C4CC4)c3)cs2)c(Cl)c1. The van der Waals surface area contributed by atoms with Crippen molar-refractivity contribution >= 4 is 138 Å². The van der Waals surface area contributed by atoms with Gasteiger partial charge in [0.05, 0.1) is 38.5 Å². The molecule has 0 spiro atoms. The first kappa shape index (κ1) is 67.6. The molecule has 0 radical (unpaired) electrons. The standard InChI is InChI=1S/C22H21ClN2O2S.C18H15ClN2S.C16H19BClNO2S.C8H8BrN.C4H7ClO2/c1-13(2)27-22(26)25-17-5-6-18(19(23)11-17)21-10-16(12-28-21)15-7-8-24-20(9-15)14-3-4-14;19-16-9-14(20)3-4-15(16)18-8-13(10-22-18)12-5-6-21-17(7-12)11-1-2-11;1-15(2)16(3,4)21-17(20-15)10-7-14(22-9-10)12-6-5-11(19)8-13(12)18;9-7-3-4-10-8(5-7)6-1-2-6;1-3(2)7-4(5)6/h5-14H,3-4H2,1-2H3,(H,25,26);3-11H,1-2,20H2;5-9H,19H2,1-4H3;3-6H,1-2H2;3H,1-2H3. The number of nitrogens with two attached hydrogens (primary N) is 2. The van der Waals surface area contributed by atoms with E-state index in [4.69, 9.17) is 71.9 Å². The van der Waals surface area contributed by atoms with Crippen molar-refractivity contribution in [2.24, 2.45) is 0 Å². The Morgan fingerprint density at radius 1 is 0.562 bits per heavy atom. The van der Waals surface area contributed by atoms with E-state index in [1.165, 1.54) is 77.9 Å². The van der Waals surface area contributed by atoms with Crippen LogP contribution >= 0.6 is 96.3 Å². The summed E-state index contributed by atoms with van der Waals surface area (Å²) in [6.45, 7) is 15.3. The van der Waals surface area contributed by atoms with Crippen LogP contribution in [-0.2, 0) is 18.8 Å². The third-order valence-electron chi connectivity index (χ3n) is 15.0. The summed E-state index contributed by atoms with van der Waals surface area (Å²) in [5, 5.41) is 11.0. The van der Waals surface area contributed by atoms with Gasteiger partial charge in [0.2, 0.25) is 0 Å². The van der Waals surface area contributed by atoms with Crippen LogP contribution in [0, 0.1) is 0 Å². The molecule has 4 aliphatic rings. The fourth-order valence-electron chi connectivity index (χ4n) is 9.14. The van der Waals surface area contributed by atoms with E-state index in [-0.39, 0.29) is 30.5 Å². The molecule has 1 amide bonds. The second-order valence-electron chi connectivity index (χ2n) is 23.5. The van der Waals surface area contributed by atoms with Gasteiger partial charge in [0.25, 0.3) is 0 Å². The zero-order chi connectivity index (χ0) is 63.7. The zero-order valence-electron chi connectivity index (χ0n) is 50.6. The van der Waals surface area contributed by atoms with Gasteiger partial charge in [-0.25, -0.2) is 9.59 Å². The second kappa shape index (κ2) is 30.1. The van der Waals surface area contributed by atoms with Gasteiger partial charge < -0.3 is 30.2 Å². The highest BCUT2D eigenvalue weighted by atomic mass is 79.9. The predicted octanol–water partition coefficient (Wildman–Crippen LogP) is 21.0. The molecule has 9 aromatic rings. The molecule has 3 saturated carbocycles. The summed E-state index contributed by atoms with van der Waals surface area (Å²) >= 11 is 32.3. The molecule has 13 rings (SSSR count). The maximum Gasteiger partial charge on any atom is 0.495 e. The van der Waals surface area contributed by atoms with Crippen LogP contribution in [0.25, 0.3) is 53.6 Å². The van der Waals surface area contributed by atoms with E-state index in [9.17, 15) is 9.59 Å². The second-order valence-corrected chi connectivity index (χ2v) is 28.7. The molecule has 12 nitrogen and oxygen atoms in total. The molecule has 3 aliphatic carbocycles. The van der Waals surface area contributed by atoms with Crippen LogP contribution in [0.3, 0.4) is 0 Å². The first-order valence-corrected chi connectivity index (χ1v) is 34.2. The number of thiophene rings is 3. The van der Waals surface area contributed by atoms with Crippen molar-refractivity contribution in [2.75, 3.05) is 16.8 Å². The van der Waals surface area contributed by atoms with Gasteiger partial charge in [-0.1, -0.05) is 62.9 Å². The highest BCUT2D eigenvalue weighted by Crippen LogP contribution is 2.45. The number of pyridine rings is 3. The van der Waals surface area contributed by atoms with Crippen LogP contribution in [0.4, 0.5) is 26.7 Å². The van der Waals surface area contributed by atoms with Gasteiger partial charge in [0.1, 0.15) is 0 Å². The molecule has 21 heteroatoms. The number of carbonyl (C=O) groups is 2.